The average Bonchev–Trinajstić information content (AvgIpc) is 3.24. The van der Waals surface area contributed by atoms with E-state index in [4.69, 9.17) is 9.84 Å². The van der Waals surface area contributed by atoms with E-state index in [1.165, 1.54) is 9.13 Å². The Morgan fingerprint density at radius 1 is 1.06 bits per heavy atom. The van der Waals surface area contributed by atoms with Crippen molar-refractivity contribution in [2.45, 2.75) is 33.9 Å². The van der Waals surface area contributed by atoms with Crippen LogP contribution in [-0.4, -0.2) is 48.0 Å². The molecule has 164 valence electrons. The van der Waals surface area contributed by atoms with Crippen molar-refractivity contribution in [1.29, 1.82) is 0 Å². The van der Waals surface area contributed by atoms with Crippen LogP contribution in [0.3, 0.4) is 0 Å². The largest absolute Gasteiger partial charge is 0.394 e. The monoisotopic (exact) mass is 425 g/mol. The third-order valence-corrected chi connectivity index (χ3v) is 5.75. The highest BCUT2D eigenvalue weighted by Gasteiger charge is 2.22. The minimum Gasteiger partial charge on any atom is -0.394 e. The maximum absolute atomic E-state index is 13.5. The topological polar surface area (TPSA) is 95.7 Å². The number of nitrogens with zero attached hydrogens (tertiary/aromatic N) is 5. The Hall–Kier alpha value is -3.17. The van der Waals surface area contributed by atoms with Crippen LogP contribution < -0.4 is 11.2 Å². The van der Waals surface area contributed by atoms with E-state index in [1.807, 2.05) is 54.0 Å². The first-order chi connectivity index (χ1) is 14.8. The summed E-state index contributed by atoms with van der Waals surface area (Å²) in [7, 11) is 1.64. The standard InChI is InChI=1S/C22H27N5O4/c1-14-6-5-7-17(12-14)13-26-20(29)18-19(24(4)22(26)30)23-21-25(8-10-31-11-9-28)15(2)16(3)27(18)21/h5-7,12,28H,8-11,13H2,1-4H3. The van der Waals surface area contributed by atoms with Crippen molar-refractivity contribution >= 4 is 16.9 Å². The number of aliphatic hydroxyl groups excluding tert-OH is 1. The van der Waals surface area contributed by atoms with E-state index in [1.54, 1.807) is 7.05 Å². The number of aromatic nitrogens is 5. The molecule has 0 aliphatic heterocycles. The first-order valence-corrected chi connectivity index (χ1v) is 10.3. The molecule has 0 radical (unpaired) electrons. The zero-order valence-electron chi connectivity index (χ0n) is 18.3. The van der Waals surface area contributed by atoms with Crippen LogP contribution in [0.15, 0.2) is 33.9 Å². The first-order valence-electron chi connectivity index (χ1n) is 10.3. The number of fused-ring (bicyclic) bond motifs is 3. The van der Waals surface area contributed by atoms with Crippen LogP contribution in [0.25, 0.3) is 16.9 Å². The molecule has 1 N–H and O–H groups in total. The molecule has 0 saturated heterocycles. The molecule has 0 unspecified atom stereocenters. The summed E-state index contributed by atoms with van der Waals surface area (Å²) in [4.78, 5) is 31.1. The van der Waals surface area contributed by atoms with Crippen molar-refractivity contribution in [2.75, 3.05) is 19.8 Å². The second-order valence-corrected chi connectivity index (χ2v) is 7.80. The highest BCUT2D eigenvalue weighted by molar-refractivity contribution is 5.76. The van der Waals surface area contributed by atoms with E-state index in [9.17, 15) is 9.59 Å². The number of aryl methyl sites for hydroxylation is 3. The minimum absolute atomic E-state index is 0.0328. The Bertz CT molecular complexity index is 1390. The molecule has 3 aromatic heterocycles. The van der Waals surface area contributed by atoms with Gasteiger partial charge in [-0.3, -0.25) is 18.3 Å². The van der Waals surface area contributed by atoms with E-state index >= 15 is 0 Å². The molecule has 4 rings (SSSR count). The quantitative estimate of drug-likeness (QED) is 0.448. The second-order valence-electron chi connectivity index (χ2n) is 7.80. The van der Waals surface area contributed by atoms with Gasteiger partial charge >= 0.3 is 5.69 Å². The SMILES string of the molecule is Cc1cccc(Cn2c(=O)c3c(nc4n(CCOCCO)c(C)c(C)n34)n(C)c2=O)c1. The smallest absolute Gasteiger partial charge is 0.332 e. The van der Waals surface area contributed by atoms with Gasteiger partial charge in [-0.25, -0.2) is 4.79 Å². The van der Waals surface area contributed by atoms with Gasteiger partial charge in [0.2, 0.25) is 5.78 Å². The summed E-state index contributed by atoms with van der Waals surface area (Å²) in [6.07, 6.45) is 0. The van der Waals surface area contributed by atoms with Crippen molar-refractivity contribution in [1.82, 2.24) is 23.1 Å². The number of rotatable bonds is 7. The van der Waals surface area contributed by atoms with Gasteiger partial charge < -0.3 is 14.4 Å². The molecule has 9 heteroatoms. The molecule has 4 aromatic rings. The summed E-state index contributed by atoms with van der Waals surface area (Å²) in [6, 6.07) is 7.78. The molecule has 0 amide bonds. The maximum atomic E-state index is 13.5. The van der Waals surface area contributed by atoms with Gasteiger partial charge in [0, 0.05) is 25.0 Å². The Labute approximate surface area is 178 Å². The fourth-order valence-corrected chi connectivity index (χ4v) is 4.04. The summed E-state index contributed by atoms with van der Waals surface area (Å²) in [5, 5.41) is 8.91. The Morgan fingerprint density at radius 2 is 1.84 bits per heavy atom. The predicted octanol–water partition coefficient (Wildman–Crippen LogP) is 1.13. The van der Waals surface area contributed by atoms with Gasteiger partial charge in [0.1, 0.15) is 0 Å². The van der Waals surface area contributed by atoms with Gasteiger partial charge in [-0.2, -0.15) is 4.98 Å². The second kappa shape index (κ2) is 8.16. The van der Waals surface area contributed by atoms with Crippen molar-refractivity contribution in [3.8, 4) is 0 Å². The third kappa shape index (κ3) is 3.49. The maximum Gasteiger partial charge on any atom is 0.332 e. The molecule has 3 heterocycles. The van der Waals surface area contributed by atoms with E-state index in [2.05, 4.69) is 4.98 Å². The van der Waals surface area contributed by atoms with Gasteiger partial charge in [0.25, 0.3) is 5.56 Å². The molecular weight excluding hydrogens is 398 g/mol. The molecule has 9 nitrogen and oxygen atoms in total. The molecule has 0 atom stereocenters. The van der Waals surface area contributed by atoms with Crippen LogP contribution in [0.2, 0.25) is 0 Å². The van der Waals surface area contributed by atoms with Crippen molar-refractivity contribution < 1.29 is 9.84 Å². The summed E-state index contributed by atoms with van der Waals surface area (Å²) in [5.41, 5.74) is 3.82. The molecule has 0 aliphatic carbocycles. The number of benzene rings is 1. The highest BCUT2D eigenvalue weighted by atomic mass is 16.5. The number of imidazole rings is 2. The molecular formula is C22H27N5O4. The zero-order valence-corrected chi connectivity index (χ0v) is 18.3. The fourth-order valence-electron chi connectivity index (χ4n) is 4.04. The Kier molecular flexibility index (Phi) is 5.55. The van der Waals surface area contributed by atoms with Crippen molar-refractivity contribution in [3.05, 3.63) is 67.6 Å². The van der Waals surface area contributed by atoms with E-state index < -0.39 is 5.69 Å². The highest BCUT2D eigenvalue weighted by Crippen LogP contribution is 2.20. The summed E-state index contributed by atoms with van der Waals surface area (Å²) in [6.45, 7) is 7.25. The zero-order chi connectivity index (χ0) is 22.3. The Balaban J connectivity index is 1.91. The minimum atomic E-state index is -0.396. The summed E-state index contributed by atoms with van der Waals surface area (Å²) in [5.74, 6) is 0.595. The Morgan fingerprint density at radius 3 is 2.55 bits per heavy atom. The van der Waals surface area contributed by atoms with E-state index in [-0.39, 0.29) is 25.3 Å². The molecule has 31 heavy (non-hydrogen) atoms. The number of hydrogen-bond donors (Lipinski definition) is 1. The molecule has 1 aromatic carbocycles. The third-order valence-electron chi connectivity index (χ3n) is 5.75. The van der Waals surface area contributed by atoms with Crippen molar-refractivity contribution in [2.24, 2.45) is 7.05 Å². The van der Waals surface area contributed by atoms with E-state index in [0.717, 1.165) is 22.5 Å². The van der Waals surface area contributed by atoms with Gasteiger partial charge in [0.15, 0.2) is 11.2 Å². The molecule has 0 spiro atoms. The van der Waals surface area contributed by atoms with Crippen LogP contribution >= 0.6 is 0 Å². The normalized spacial score (nSPS) is 11.8. The summed E-state index contributed by atoms with van der Waals surface area (Å²) < 4.78 is 11.9. The van der Waals surface area contributed by atoms with Crippen LogP contribution in [0, 0.1) is 20.8 Å². The van der Waals surface area contributed by atoms with Gasteiger partial charge in [0.05, 0.1) is 26.4 Å². The lowest BCUT2D eigenvalue weighted by molar-refractivity contribution is 0.0872. The van der Waals surface area contributed by atoms with Gasteiger partial charge in [-0.15, -0.1) is 0 Å². The lowest BCUT2D eigenvalue weighted by Crippen LogP contribution is -2.39. The van der Waals surface area contributed by atoms with Crippen LogP contribution in [-0.2, 0) is 24.9 Å². The van der Waals surface area contributed by atoms with Crippen LogP contribution in [0.4, 0.5) is 0 Å². The molecule has 0 aliphatic rings. The van der Waals surface area contributed by atoms with E-state index in [0.29, 0.717) is 30.1 Å². The lowest BCUT2D eigenvalue weighted by Gasteiger charge is -2.09. The fraction of sp³-hybridized carbons (Fsp3) is 0.409. The molecule has 0 saturated carbocycles. The van der Waals surface area contributed by atoms with Gasteiger partial charge in [-0.1, -0.05) is 29.8 Å². The number of aliphatic hydroxyl groups is 1. The molecule has 0 bridgehead atoms. The molecule has 0 fully saturated rings. The van der Waals surface area contributed by atoms with Crippen LogP contribution in [0.1, 0.15) is 22.5 Å². The summed E-state index contributed by atoms with van der Waals surface area (Å²) >= 11 is 0. The average molecular weight is 425 g/mol. The number of ether oxygens (including phenoxy) is 1. The lowest BCUT2D eigenvalue weighted by atomic mass is 10.1. The first kappa shape index (κ1) is 21.1. The van der Waals surface area contributed by atoms with Crippen LogP contribution in [0.5, 0.6) is 0 Å². The number of hydrogen-bond acceptors (Lipinski definition) is 5. The predicted molar refractivity (Wildman–Crippen MR) is 118 cm³/mol. The van der Waals surface area contributed by atoms with Gasteiger partial charge in [-0.05, 0) is 26.3 Å². The van der Waals surface area contributed by atoms with Crippen molar-refractivity contribution in [3.63, 3.8) is 0 Å².